The Kier molecular flexibility index (Phi) is 6.47. The summed E-state index contributed by atoms with van der Waals surface area (Å²) in [6.07, 6.45) is 12.2. The first-order chi connectivity index (χ1) is 10.3. The van der Waals surface area contributed by atoms with Gasteiger partial charge >= 0.3 is 0 Å². The highest BCUT2D eigenvalue weighted by molar-refractivity contribution is 5.31. The molecule has 0 unspecified atom stereocenters. The number of allylic oxidation sites excluding steroid dienone is 2. The number of nitriles is 1. The second-order valence-electron chi connectivity index (χ2n) is 6.03. The normalized spacial score (nSPS) is 22.3. The van der Waals surface area contributed by atoms with Gasteiger partial charge in [0.15, 0.2) is 0 Å². The first-order valence-electron chi connectivity index (χ1n) is 8.03. The van der Waals surface area contributed by atoms with E-state index in [0.717, 1.165) is 17.9 Å². The molecule has 21 heavy (non-hydrogen) atoms. The lowest BCUT2D eigenvalue weighted by Gasteiger charge is -2.26. The van der Waals surface area contributed by atoms with Gasteiger partial charge in [-0.25, -0.2) is 0 Å². The summed E-state index contributed by atoms with van der Waals surface area (Å²) < 4.78 is 12.0. The molecule has 0 radical (unpaired) electrons. The maximum absolute atomic E-state index is 12.0. The van der Waals surface area contributed by atoms with Gasteiger partial charge in [0.1, 0.15) is 0 Å². The van der Waals surface area contributed by atoms with Crippen LogP contribution in [0.15, 0.2) is 36.4 Å². The van der Waals surface area contributed by atoms with Gasteiger partial charge in [-0.1, -0.05) is 24.3 Å². The molecule has 1 aromatic rings. The number of rotatable bonds is 6. The predicted octanol–water partition coefficient (Wildman–Crippen LogP) is 5.21. The van der Waals surface area contributed by atoms with Crippen molar-refractivity contribution in [3.05, 3.63) is 47.5 Å². The summed E-state index contributed by atoms with van der Waals surface area (Å²) in [6, 6.07) is 10.1. The Morgan fingerprint density at radius 1 is 1.14 bits per heavy atom. The third kappa shape index (κ3) is 5.34. The number of hydrogen-bond donors (Lipinski definition) is 0. The molecule has 0 heterocycles. The smallest absolute Gasteiger partial charge is 0.0991 e. The number of alkyl halides is 1. The van der Waals surface area contributed by atoms with E-state index in [1.54, 1.807) is 0 Å². The Labute approximate surface area is 127 Å². The van der Waals surface area contributed by atoms with E-state index in [1.807, 2.05) is 18.2 Å². The van der Waals surface area contributed by atoms with Gasteiger partial charge in [-0.15, -0.1) is 0 Å². The highest BCUT2D eigenvalue weighted by atomic mass is 19.1. The van der Waals surface area contributed by atoms with E-state index in [9.17, 15) is 4.39 Å². The number of benzene rings is 1. The predicted molar refractivity (Wildman–Crippen MR) is 84.7 cm³/mol. The fourth-order valence-electron chi connectivity index (χ4n) is 3.14. The minimum atomic E-state index is -0.240. The van der Waals surface area contributed by atoms with Crippen LogP contribution < -0.4 is 0 Å². The van der Waals surface area contributed by atoms with Crippen molar-refractivity contribution in [2.45, 2.75) is 44.9 Å². The van der Waals surface area contributed by atoms with Crippen molar-refractivity contribution in [3.63, 3.8) is 0 Å². The van der Waals surface area contributed by atoms with E-state index >= 15 is 0 Å². The van der Waals surface area contributed by atoms with E-state index in [1.165, 1.54) is 37.7 Å². The zero-order chi connectivity index (χ0) is 14.9. The van der Waals surface area contributed by atoms with Crippen LogP contribution in [0, 0.1) is 23.2 Å². The lowest BCUT2D eigenvalue weighted by atomic mass is 9.79. The summed E-state index contributed by atoms with van der Waals surface area (Å²) in [5, 5.41) is 8.79. The Balaban J connectivity index is 1.70. The minimum absolute atomic E-state index is 0.240. The summed E-state index contributed by atoms with van der Waals surface area (Å²) in [6.45, 7) is -0.240. The average Bonchev–Trinajstić information content (AvgIpc) is 2.55. The molecule has 2 rings (SSSR count). The van der Waals surface area contributed by atoms with Crippen LogP contribution in [0.5, 0.6) is 0 Å². The van der Waals surface area contributed by atoms with E-state index in [-0.39, 0.29) is 6.67 Å². The Morgan fingerprint density at radius 2 is 1.86 bits per heavy atom. The third-order valence-corrected chi connectivity index (χ3v) is 4.50. The fraction of sp³-hybridized carbons (Fsp3) is 0.526. The van der Waals surface area contributed by atoms with E-state index < -0.39 is 0 Å². The molecule has 1 nitrogen and oxygen atoms in total. The van der Waals surface area contributed by atoms with Crippen LogP contribution >= 0.6 is 0 Å². The van der Waals surface area contributed by atoms with Crippen molar-refractivity contribution in [2.75, 3.05) is 6.67 Å². The average molecular weight is 285 g/mol. The maximum Gasteiger partial charge on any atom is 0.0991 e. The first kappa shape index (κ1) is 15.8. The summed E-state index contributed by atoms with van der Waals surface area (Å²) in [4.78, 5) is 0. The van der Waals surface area contributed by atoms with Gasteiger partial charge in [-0.05, 0) is 74.5 Å². The molecule has 112 valence electrons. The lowest BCUT2D eigenvalue weighted by Crippen LogP contribution is -2.13. The van der Waals surface area contributed by atoms with Gasteiger partial charge in [0.2, 0.25) is 0 Å². The molecule has 1 aromatic carbocycles. The molecule has 1 aliphatic carbocycles. The summed E-state index contributed by atoms with van der Waals surface area (Å²) in [5.41, 5.74) is 2.07. The first-order valence-corrected chi connectivity index (χ1v) is 8.03. The number of aryl methyl sites for hydroxylation is 1. The van der Waals surface area contributed by atoms with Gasteiger partial charge in [-0.3, -0.25) is 4.39 Å². The molecule has 0 bridgehead atoms. The molecular weight excluding hydrogens is 261 g/mol. The third-order valence-electron chi connectivity index (χ3n) is 4.50. The number of halogens is 1. The quantitative estimate of drug-likeness (QED) is 0.658. The van der Waals surface area contributed by atoms with Crippen LogP contribution in [-0.2, 0) is 6.42 Å². The Hall–Kier alpha value is -1.62. The van der Waals surface area contributed by atoms with Crippen molar-refractivity contribution in [2.24, 2.45) is 11.8 Å². The standard InChI is InChI=1S/C19H24FN/c20-14-2-1-3-16-4-6-17(7-5-16)8-9-18-10-12-19(15-21)13-11-18/h1,3,10-13,16-17H,2,4-9,14H2/b3-1+. The van der Waals surface area contributed by atoms with Crippen LogP contribution in [-0.4, -0.2) is 6.67 Å². The van der Waals surface area contributed by atoms with Gasteiger partial charge in [0, 0.05) is 0 Å². The molecule has 0 amide bonds. The van der Waals surface area contributed by atoms with Gasteiger partial charge in [0.25, 0.3) is 0 Å². The second-order valence-corrected chi connectivity index (χ2v) is 6.03. The Morgan fingerprint density at radius 3 is 2.48 bits per heavy atom. The van der Waals surface area contributed by atoms with Crippen molar-refractivity contribution in [3.8, 4) is 6.07 Å². The van der Waals surface area contributed by atoms with Gasteiger partial charge in [-0.2, -0.15) is 5.26 Å². The molecule has 0 N–H and O–H groups in total. The Bertz CT molecular complexity index is 475. The van der Waals surface area contributed by atoms with Crippen molar-refractivity contribution >= 4 is 0 Å². The molecule has 0 aromatic heterocycles. The fourth-order valence-corrected chi connectivity index (χ4v) is 3.14. The SMILES string of the molecule is N#Cc1ccc(CCC2CCC(/C=C/CCF)CC2)cc1. The molecule has 0 saturated heterocycles. The largest absolute Gasteiger partial charge is 0.251 e. The number of hydrogen-bond acceptors (Lipinski definition) is 1. The van der Waals surface area contributed by atoms with Crippen molar-refractivity contribution in [1.82, 2.24) is 0 Å². The van der Waals surface area contributed by atoms with Crippen LogP contribution in [0.2, 0.25) is 0 Å². The van der Waals surface area contributed by atoms with Crippen LogP contribution in [0.3, 0.4) is 0 Å². The highest BCUT2D eigenvalue weighted by Crippen LogP contribution is 2.32. The molecule has 1 saturated carbocycles. The zero-order valence-electron chi connectivity index (χ0n) is 12.6. The molecular formula is C19H24FN. The van der Waals surface area contributed by atoms with Gasteiger partial charge in [0.05, 0.1) is 18.3 Å². The molecule has 0 atom stereocenters. The monoisotopic (exact) mass is 285 g/mol. The molecule has 2 heteroatoms. The van der Waals surface area contributed by atoms with E-state index in [2.05, 4.69) is 24.3 Å². The minimum Gasteiger partial charge on any atom is -0.251 e. The van der Waals surface area contributed by atoms with Crippen molar-refractivity contribution < 1.29 is 4.39 Å². The molecule has 0 spiro atoms. The summed E-state index contributed by atoms with van der Waals surface area (Å²) in [7, 11) is 0. The van der Waals surface area contributed by atoms with Crippen LogP contribution in [0.25, 0.3) is 0 Å². The maximum atomic E-state index is 12.0. The topological polar surface area (TPSA) is 23.8 Å². The molecule has 1 fully saturated rings. The van der Waals surface area contributed by atoms with Crippen molar-refractivity contribution in [1.29, 1.82) is 5.26 Å². The summed E-state index contributed by atoms with van der Waals surface area (Å²) in [5.74, 6) is 1.49. The van der Waals surface area contributed by atoms with Crippen LogP contribution in [0.1, 0.15) is 49.7 Å². The van der Waals surface area contributed by atoms with Gasteiger partial charge < -0.3 is 0 Å². The van der Waals surface area contributed by atoms with E-state index in [4.69, 9.17) is 5.26 Å². The summed E-state index contributed by atoms with van der Waals surface area (Å²) >= 11 is 0. The molecule has 0 aliphatic heterocycles. The van der Waals surface area contributed by atoms with Crippen LogP contribution in [0.4, 0.5) is 4.39 Å². The number of nitrogens with zero attached hydrogens (tertiary/aromatic N) is 1. The van der Waals surface area contributed by atoms with E-state index in [0.29, 0.717) is 12.3 Å². The highest BCUT2D eigenvalue weighted by Gasteiger charge is 2.19. The second kappa shape index (κ2) is 8.62. The lowest BCUT2D eigenvalue weighted by molar-refractivity contribution is 0.296. The zero-order valence-corrected chi connectivity index (χ0v) is 12.6. The molecule has 1 aliphatic rings.